The first-order chi connectivity index (χ1) is 16.5. The summed E-state index contributed by atoms with van der Waals surface area (Å²) in [5, 5.41) is 24.7. The lowest BCUT2D eigenvalue weighted by Crippen LogP contribution is -2.45. The topological polar surface area (TPSA) is 148 Å². The van der Waals surface area contributed by atoms with Gasteiger partial charge in [0.15, 0.2) is 5.82 Å². The van der Waals surface area contributed by atoms with Gasteiger partial charge in [-0.25, -0.2) is 14.8 Å². The zero-order valence-corrected chi connectivity index (χ0v) is 18.6. The van der Waals surface area contributed by atoms with Crippen LogP contribution >= 0.6 is 0 Å². The Kier molecular flexibility index (Phi) is 5.99. The number of aliphatic hydroxyl groups excluding tert-OH is 1. The predicted octanol–water partition coefficient (Wildman–Crippen LogP) is 0.359. The molecular formula is C22H24N8O4. The predicted molar refractivity (Wildman–Crippen MR) is 117 cm³/mol. The molecule has 1 fully saturated rings. The van der Waals surface area contributed by atoms with Crippen molar-refractivity contribution in [3.05, 3.63) is 58.8 Å². The van der Waals surface area contributed by atoms with Gasteiger partial charge in [0, 0.05) is 31.2 Å². The summed E-state index contributed by atoms with van der Waals surface area (Å²) in [6, 6.07) is 3.56. The minimum Gasteiger partial charge on any atom is -0.457 e. The number of aliphatic hydroxyl groups is 1. The first-order valence-electron chi connectivity index (χ1n) is 11.1. The van der Waals surface area contributed by atoms with E-state index >= 15 is 0 Å². The number of amides is 1. The number of carbonyl (C=O) groups excluding carboxylic acids is 2. The maximum Gasteiger partial charge on any atom is 0.338 e. The van der Waals surface area contributed by atoms with Gasteiger partial charge in [-0.15, -0.1) is 5.10 Å². The molecule has 12 nitrogen and oxygen atoms in total. The van der Waals surface area contributed by atoms with Crippen LogP contribution in [-0.4, -0.2) is 77.7 Å². The fourth-order valence-electron chi connectivity index (χ4n) is 4.41. The Morgan fingerprint density at radius 3 is 2.79 bits per heavy atom. The van der Waals surface area contributed by atoms with Crippen LogP contribution in [0.15, 0.2) is 30.9 Å². The molecule has 0 unspecified atom stereocenters. The van der Waals surface area contributed by atoms with Gasteiger partial charge in [0.1, 0.15) is 18.6 Å². The Balaban J connectivity index is 1.13. The van der Waals surface area contributed by atoms with Crippen molar-refractivity contribution in [3.8, 4) is 5.82 Å². The lowest BCUT2D eigenvalue weighted by Gasteiger charge is -2.33. The van der Waals surface area contributed by atoms with Crippen molar-refractivity contribution in [2.45, 2.75) is 38.5 Å². The first-order valence-corrected chi connectivity index (χ1v) is 11.1. The van der Waals surface area contributed by atoms with E-state index in [2.05, 4.69) is 35.7 Å². The number of carbonyl (C=O) groups is 2. The second-order valence-corrected chi connectivity index (χ2v) is 8.46. The van der Waals surface area contributed by atoms with Gasteiger partial charge in [-0.1, -0.05) is 6.07 Å². The molecular weight excluding hydrogens is 440 g/mol. The summed E-state index contributed by atoms with van der Waals surface area (Å²) in [5.74, 6) is -0.163. The molecule has 34 heavy (non-hydrogen) atoms. The molecule has 1 aromatic carbocycles. The quantitative estimate of drug-likeness (QED) is 0.490. The molecule has 1 atom stereocenters. The molecule has 5 rings (SSSR count). The van der Waals surface area contributed by atoms with Crippen molar-refractivity contribution in [1.82, 2.24) is 40.4 Å². The number of tetrazole rings is 1. The summed E-state index contributed by atoms with van der Waals surface area (Å²) in [5.41, 5.74) is 3.39. The monoisotopic (exact) mass is 464 g/mol. The molecule has 2 aliphatic heterocycles. The van der Waals surface area contributed by atoms with Gasteiger partial charge in [0.2, 0.25) is 0 Å². The SMILES string of the molecule is Cc1c([C@@H](O)CN2CCC(NC(=O)c3cnc(-n4cnnn4)cn3)CC2)ccc2c1COC2=O. The second-order valence-electron chi connectivity index (χ2n) is 8.46. The number of aromatic nitrogens is 6. The second kappa shape index (κ2) is 9.23. The number of nitrogens with one attached hydrogen (secondary N) is 1. The lowest BCUT2D eigenvalue weighted by atomic mass is 9.94. The van der Waals surface area contributed by atoms with Crippen LogP contribution in [0.5, 0.6) is 0 Å². The largest absolute Gasteiger partial charge is 0.457 e. The summed E-state index contributed by atoms with van der Waals surface area (Å²) in [4.78, 5) is 34.8. The van der Waals surface area contributed by atoms with E-state index in [0.29, 0.717) is 17.9 Å². The van der Waals surface area contributed by atoms with Gasteiger partial charge in [-0.2, -0.15) is 4.68 Å². The van der Waals surface area contributed by atoms with E-state index in [9.17, 15) is 14.7 Å². The molecule has 4 heterocycles. The highest BCUT2D eigenvalue weighted by atomic mass is 16.5. The van der Waals surface area contributed by atoms with E-state index in [-0.39, 0.29) is 30.2 Å². The van der Waals surface area contributed by atoms with Gasteiger partial charge in [0.05, 0.1) is 24.1 Å². The van der Waals surface area contributed by atoms with E-state index in [1.54, 1.807) is 6.07 Å². The molecule has 0 spiro atoms. The van der Waals surface area contributed by atoms with Crippen LogP contribution in [0.25, 0.3) is 5.82 Å². The summed E-state index contributed by atoms with van der Waals surface area (Å²) in [6.45, 7) is 4.16. The van der Waals surface area contributed by atoms with Crippen LogP contribution in [0.1, 0.15) is 56.5 Å². The van der Waals surface area contributed by atoms with E-state index in [1.165, 1.54) is 23.4 Å². The number of piperidine rings is 1. The molecule has 12 heteroatoms. The number of hydrogen-bond donors (Lipinski definition) is 2. The van der Waals surface area contributed by atoms with Crippen molar-refractivity contribution in [2.75, 3.05) is 19.6 Å². The molecule has 1 saturated heterocycles. The van der Waals surface area contributed by atoms with Crippen molar-refractivity contribution in [1.29, 1.82) is 0 Å². The van der Waals surface area contributed by atoms with E-state index in [1.807, 2.05) is 13.0 Å². The smallest absolute Gasteiger partial charge is 0.338 e. The van der Waals surface area contributed by atoms with Gasteiger partial charge in [0.25, 0.3) is 5.91 Å². The molecule has 1 amide bonds. The molecule has 176 valence electrons. The summed E-state index contributed by atoms with van der Waals surface area (Å²) < 4.78 is 6.46. The molecule has 0 saturated carbocycles. The number of ether oxygens (including phenoxy) is 1. The molecule has 2 N–H and O–H groups in total. The van der Waals surface area contributed by atoms with Crippen LogP contribution in [-0.2, 0) is 11.3 Å². The molecule has 0 bridgehead atoms. The standard InChI is InChI=1S/C22H24N8O4/c1-13-15(2-3-16-17(13)11-34-22(16)33)19(31)10-29-6-4-14(5-7-29)26-21(32)18-8-24-20(9-23-18)30-12-25-27-28-30/h2-3,8-9,12,14,19,31H,4-7,10-11H2,1H3,(H,26,32)/t19-/m0/s1. The third-order valence-electron chi connectivity index (χ3n) is 6.38. The van der Waals surface area contributed by atoms with Crippen molar-refractivity contribution in [2.24, 2.45) is 0 Å². The highest BCUT2D eigenvalue weighted by Gasteiger charge is 2.28. The van der Waals surface area contributed by atoms with E-state index in [0.717, 1.165) is 42.6 Å². The Morgan fingerprint density at radius 1 is 1.26 bits per heavy atom. The van der Waals surface area contributed by atoms with Crippen molar-refractivity contribution in [3.63, 3.8) is 0 Å². The molecule has 2 aromatic heterocycles. The number of β-amino-alcohol motifs (C(OH)–C–C–N with tert-alkyl or cyclic N) is 1. The lowest BCUT2D eigenvalue weighted by molar-refractivity contribution is 0.0534. The number of esters is 1. The highest BCUT2D eigenvalue weighted by molar-refractivity contribution is 5.94. The Bertz CT molecular complexity index is 1190. The van der Waals surface area contributed by atoms with Crippen LogP contribution in [0.4, 0.5) is 0 Å². The highest BCUT2D eigenvalue weighted by Crippen LogP contribution is 2.29. The van der Waals surface area contributed by atoms with Gasteiger partial charge in [-0.05, 0) is 47.4 Å². The number of cyclic esters (lactones) is 1. The average molecular weight is 464 g/mol. The maximum absolute atomic E-state index is 12.6. The van der Waals surface area contributed by atoms with E-state index in [4.69, 9.17) is 4.74 Å². The number of nitrogens with zero attached hydrogens (tertiary/aromatic N) is 7. The van der Waals surface area contributed by atoms with E-state index < -0.39 is 6.10 Å². The summed E-state index contributed by atoms with van der Waals surface area (Å²) >= 11 is 0. The van der Waals surface area contributed by atoms with Gasteiger partial charge < -0.3 is 20.1 Å². The third kappa shape index (κ3) is 4.37. The van der Waals surface area contributed by atoms with Gasteiger partial charge >= 0.3 is 5.97 Å². The fraction of sp³-hybridized carbons (Fsp3) is 0.409. The number of rotatable bonds is 6. The Hall–Kier alpha value is -3.77. The van der Waals surface area contributed by atoms with Crippen LogP contribution < -0.4 is 5.32 Å². The normalized spacial score (nSPS) is 17.3. The fourth-order valence-corrected chi connectivity index (χ4v) is 4.41. The Labute approximate surface area is 195 Å². The summed E-state index contributed by atoms with van der Waals surface area (Å²) in [6.07, 6.45) is 5.10. The van der Waals surface area contributed by atoms with Crippen LogP contribution in [0.2, 0.25) is 0 Å². The van der Waals surface area contributed by atoms with Crippen molar-refractivity contribution < 1.29 is 19.4 Å². The maximum atomic E-state index is 12.6. The van der Waals surface area contributed by atoms with Crippen LogP contribution in [0, 0.1) is 6.92 Å². The van der Waals surface area contributed by atoms with Crippen LogP contribution in [0.3, 0.4) is 0 Å². The zero-order valence-electron chi connectivity index (χ0n) is 18.6. The summed E-state index contributed by atoms with van der Waals surface area (Å²) in [7, 11) is 0. The molecule has 2 aliphatic rings. The average Bonchev–Trinajstić information content (AvgIpc) is 3.51. The number of hydrogen-bond acceptors (Lipinski definition) is 10. The Morgan fingerprint density at radius 2 is 2.09 bits per heavy atom. The minimum atomic E-state index is -0.666. The zero-order chi connectivity index (χ0) is 23.7. The third-order valence-corrected chi connectivity index (χ3v) is 6.38. The molecule has 3 aromatic rings. The number of benzene rings is 1. The number of likely N-dealkylation sites (tertiary alicyclic amines) is 1. The first kappa shape index (κ1) is 22.0. The number of fused-ring (bicyclic) bond motifs is 1. The molecule has 0 radical (unpaired) electrons. The molecule has 0 aliphatic carbocycles. The van der Waals surface area contributed by atoms with Gasteiger partial charge in [-0.3, -0.25) is 4.79 Å². The van der Waals surface area contributed by atoms with Crippen molar-refractivity contribution >= 4 is 11.9 Å². The minimum absolute atomic E-state index is 0.0202.